The molecule has 0 aromatic carbocycles. The van der Waals surface area contributed by atoms with E-state index in [-0.39, 0.29) is 32.9 Å². The maximum absolute atomic E-state index is 11.9. The summed E-state index contributed by atoms with van der Waals surface area (Å²) in [7, 11) is 0. The van der Waals surface area contributed by atoms with E-state index in [9.17, 15) is 4.79 Å². The summed E-state index contributed by atoms with van der Waals surface area (Å²) in [6.45, 7) is 4.83. The Morgan fingerprint density at radius 1 is 0.618 bits per heavy atom. The van der Waals surface area contributed by atoms with Gasteiger partial charge in [0.2, 0.25) is 0 Å². The van der Waals surface area contributed by atoms with Gasteiger partial charge in [-0.15, -0.1) is 58.0 Å². The first-order valence-corrected chi connectivity index (χ1v) is 15.8. The molecule has 7 heteroatoms. The van der Waals surface area contributed by atoms with Crippen LogP contribution < -0.4 is 0 Å². The van der Waals surface area contributed by atoms with E-state index in [4.69, 9.17) is 62.7 Å². The van der Waals surface area contributed by atoms with Gasteiger partial charge in [-0.25, -0.2) is 0 Å². The van der Waals surface area contributed by atoms with E-state index >= 15 is 0 Å². The molecule has 0 aromatic heterocycles. The molecule has 0 N–H and O–H groups in total. The maximum atomic E-state index is 11.9. The molecule has 5 atom stereocenters. The number of ether oxygens (including phenoxy) is 1. The van der Waals surface area contributed by atoms with Gasteiger partial charge in [-0.3, -0.25) is 4.79 Å². The van der Waals surface area contributed by atoms with E-state index in [0.717, 1.165) is 57.8 Å². The Labute approximate surface area is 235 Å². The Balaban J connectivity index is 3.69. The van der Waals surface area contributed by atoms with Crippen LogP contribution in [0, 0.1) is 0 Å². The fourth-order valence-electron chi connectivity index (χ4n) is 3.89. The zero-order valence-corrected chi connectivity index (χ0v) is 25.3. The molecular weight excluding hydrogens is 534 g/mol. The number of rotatable bonds is 24. The summed E-state index contributed by atoms with van der Waals surface area (Å²) in [5, 5.41) is -0.0945. The van der Waals surface area contributed by atoms with Gasteiger partial charge in [-0.2, -0.15) is 0 Å². The minimum atomic E-state index is -0.152. The van der Waals surface area contributed by atoms with Crippen LogP contribution in [0.2, 0.25) is 0 Å². The van der Waals surface area contributed by atoms with E-state index in [0.29, 0.717) is 19.4 Å². The molecular formula is C27H49Cl5O2. The Kier molecular flexibility index (Phi) is 24.9. The number of halogens is 5. The third-order valence-electron chi connectivity index (χ3n) is 6.27. The molecule has 0 saturated carbocycles. The molecule has 0 aliphatic rings. The molecule has 0 aliphatic heterocycles. The fraction of sp³-hybridized carbons (Fsp3) is 0.963. The molecule has 0 amide bonds. The van der Waals surface area contributed by atoms with Crippen LogP contribution in [0.1, 0.15) is 129 Å². The van der Waals surface area contributed by atoms with Gasteiger partial charge < -0.3 is 4.74 Å². The maximum Gasteiger partial charge on any atom is 0.305 e. The van der Waals surface area contributed by atoms with Crippen molar-refractivity contribution in [2.45, 2.75) is 156 Å². The quantitative estimate of drug-likeness (QED) is 0.0643. The molecule has 0 radical (unpaired) electrons. The van der Waals surface area contributed by atoms with Crippen LogP contribution in [0.3, 0.4) is 0 Å². The molecule has 0 saturated heterocycles. The highest BCUT2D eigenvalue weighted by Crippen LogP contribution is 2.26. The largest absolute Gasteiger partial charge is 0.466 e. The first kappa shape index (κ1) is 34.9. The minimum absolute atomic E-state index is 0.0902. The molecule has 2 nitrogen and oxygen atoms in total. The Bertz CT molecular complexity index is 466. The predicted molar refractivity (Wildman–Crippen MR) is 154 cm³/mol. The monoisotopic (exact) mass is 580 g/mol. The third kappa shape index (κ3) is 22.1. The summed E-state index contributed by atoms with van der Waals surface area (Å²) in [5.74, 6) is -0.152. The molecule has 0 bridgehead atoms. The van der Waals surface area contributed by atoms with Crippen LogP contribution in [0.25, 0.3) is 0 Å². The summed E-state index contributed by atoms with van der Waals surface area (Å²) < 4.78 is 5.35. The van der Waals surface area contributed by atoms with Crippen molar-refractivity contribution in [1.29, 1.82) is 0 Å². The summed E-state index contributed by atoms with van der Waals surface area (Å²) in [6, 6.07) is 0. The lowest BCUT2D eigenvalue weighted by Crippen LogP contribution is -2.18. The molecule has 204 valence electrons. The van der Waals surface area contributed by atoms with Crippen LogP contribution in [-0.4, -0.2) is 39.5 Å². The topological polar surface area (TPSA) is 26.3 Å². The molecule has 5 unspecified atom stereocenters. The lowest BCUT2D eigenvalue weighted by atomic mass is 10.0. The number of hydrogen-bond acceptors (Lipinski definition) is 2. The summed E-state index contributed by atoms with van der Waals surface area (Å²) in [4.78, 5) is 11.9. The number of carbonyl (C=O) groups excluding carboxylic acids is 1. The summed E-state index contributed by atoms with van der Waals surface area (Å²) in [6.07, 6.45) is 18.2. The Morgan fingerprint density at radius 3 is 1.82 bits per heavy atom. The number of alkyl halides is 5. The van der Waals surface area contributed by atoms with Crippen LogP contribution in [0.5, 0.6) is 0 Å². The van der Waals surface area contributed by atoms with Crippen molar-refractivity contribution in [2.75, 3.05) is 6.61 Å². The molecule has 0 spiro atoms. The smallest absolute Gasteiger partial charge is 0.305 e. The average molecular weight is 583 g/mol. The zero-order chi connectivity index (χ0) is 25.6. The van der Waals surface area contributed by atoms with Crippen LogP contribution in [0.15, 0.2) is 0 Å². The molecule has 0 aromatic rings. The normalized spacial score (nSPS) is 16.1. The van der Waals surface area contributed by atoms with Crippen molar-refractivity contribution >= 4 is 64.0 Å². The second kappa shape index (κ2) is 24.3. The predicted octanol–water partition coefficient (Wildman–Crippen LogP) is 10.6. The molecule has 0 rings (SSSR count). The van der Waals surface area contributed by atoms with Crippen molar-refractivity contribution in [1.82, 2.24) is 0 Å². The lowest BCUT2D eigenvalue weighted by Gasteiger charge is -2.18. The molecule has 34 heavy (non-hydrogen) atoms. The highest BCUT2D eigenvalue weighted by molar-refractivity contribution is 6.30. The first-order chi connectivity index (χ1) is 16.3. The van der Waals surface area contributed by atoms with Gasteiger partial charge in [-0.1, -0.05) is 71.6 Å². The van der Waals surface area contributed by atoms with Gasteiger partial charge in [0.15, 0.2) is 0 Å². The first-order valence-electron chi connectivity index (χ1n) is 13.7. The summed E-state index contributed by atoms with van der Waals surface area (Å²) in [5.41, 5.74) is 0. The van der Waals surface area contributed by atoms with Crippen LogP contribution in [-0.2, 0) is 9.53 Å². The van der Waals surface area contributed by atoms with Crippen molar-refractivity contribution in [3.63, 3.8) is 0 Å². The average Bonchev–Trinajstić information content (AvgIpc) is 2.81. The van der Waals surface area contributed by atoms with Gasteiger partial charge in [0.05, 0.1) is 6.61 Å². The van der Waals surface area contributed by atoms with E-state index in [1.165, 1.54) is 44.9 Å². The SMILES string of the molecule is CCCCCCCCCCCOC(=O)CCC(Cl)CCC(Cl)C(Cl)CCCC(Cl)CC(Cl)CC. The van der Waals surface area contributed by atoms with Crippen molar-refractivity contribution in [3.8, 4) is 0 Å². The van der Waals surface area contributed by atoms with Gasteiger partial charge in [0.1, 0.15) is 0 Å². The number of esters is 1. The van der Waals surface area contributed by atoms with E-state index in [1.54, 1.807) is 0 Å². The van der Waals surface area contributed by atoms with Gasteiger partial charge >= 0.3 is 5.97 Å². The molecule has 0 aliphatic carbocycles. The fourth-order valence-corrected chi connectivity index (χ4v) is 5.33. The minimum Gasteiger partial charge on any atom is -0.466 e. The molecule has 0 heterocycles. The third-order valence-corrected chi connectivity index (χ3v) is 8.77. The number of unbranched alkanes of at least 4 members (excludes halogenated alkanes) is 8. The number of hydrogen-bond donors (Lipinski definition) is 0. The van der Waals surface area contributed by atoms with Crippen molar-refractivity contribution in [3.05, 3.63) is 0 Å². The highest BCUT2D eigenvalue weighted by atomic mass is 35.5. The Morgan fingerprint density at radius 2 is 1.21 bits per heavy atom. The second-order valence-corrected chi connectivity index (χ2v) is 12.5. The Hall–Kier alpha value is 0.920. The second-order valence-electron chi connectivity index (χ2n) is 9.56. The molecule has 0 fully saturated rings. The van der Waals surface area contributed by atoms with Gasteiger partial charge in [0, 0.05) is 33.3 Å². The highest BCUT2D eigenvalue weighted by Gasteiger charge is 2.19. The van der Waals surface area contributed by atoms with Crippen LogP contribution in [0.4, 0.5) is 0 Å². The lowest BCUT2D eigenvalue weighted by molar-refractivity contribution is -0.143. The van der Waals surface area contributed by atoms with E-state index in [2.05, 4.69) is 13.8 Å². The van der Waals surface area contributed by atoms with Gasteiger partial charge in [0.25, 0.3) is 0 Å². The van der Waals surface area contributed by atoms with Gasteiger partial charge in [-0.05, 0) is 51.4 Å². The number of carbonyl (C=O) groups is 1. The van der Waals surface area contributed by atoms with Crippen molar-refractivity contribution < 1.29 is 9.53 Å². The van der Waals surface area contributed by atoms with Crippen LogP contribution >= 0.6 is 58.0 Å². The van der Waals surface area contributed by atoms with Crippen molar-refractivity contribution in [2.24, 2.45) is 0 Å². The zero-order valence-electron chi connectivity index (χ0n) is 21.5. The van der Waals surface area contributed by atoms with E-state index in [1.807, 2.05) is 0 Å². The summed E-state index contributed by atoms with van der Waals surface area (Å²) >= 11 is 31.9. The standard InChI is InChI=1S/C27H49Cl5O2/c1-3-5-6-7-8-9-10-11-12-20-34-27(33)19-17-23(29)16-18-26(32)25(31)15-13-14-24(30)21-22(28)4-2/h22-26H,3-21H2,1-2H3. The van der Waals surface area contributed by atoms with E-state index < -0.39 is 0 Å².